The van der Waals surface area contributed by atoms with Crippen LogP contribution in [-0.2, 0) is 21.2 Å². The number of para-hydroxylation sites is 1. The summed E-state index contributed by atoms with van der Waals surface area (Å²) in [5.74, 6) is 0.0197. The van der Waals surface area contributed by atoms with E-state index in [2.05, 4.69) is 10.1 Å². The van der Waals surface area contributed by atoms with E-state index in [-0.39, 0.29) is 21.0 Å². The molecule has 1 aromatic heterocycles. The van der Waals surface area contributed by atoms with E-state index in [1.165, 1.54) is 0 Å². The van der Waals surface area contributed by atoms with E-state index in [1.807, 2.05) is 67.1 Å². The Labute approximate surface area is 212 Å². The fourth-order valence-electron chi connectivity index (χ4n) is 3.97. The highest BCUT2D eigenvalue weighted by atomic mass is 32.3. The SMILES string of the molecule is Cc1ccc(C)c(OCCn2cc(/C=C3\C(=N)N4N=C(S(C)(=O)=O)SC4=NC3=O)c3ccccc32)c1. The Morgan fingerprint density at radius 3 is 2.72 bits per heavy atom. The number of hydrogen-bond donors (Lipinski definition) is 1. The van der Waals surface area contributed by atoms with Crippen molar-refractivity contribution in [1.82, 2.24) is 9.58 Å². The number of carbonyl (C=O) groups excluding carboxylic acids is 1. The second-order valence-corrected chi connectivity index (χ2v) is 11.7. The maximum Gasteiger partial charge on any atom is 0.283 e. The first-order valence-electron chi connectivity index (χ1n) is 11.1. The third-order valence-corrected chi connectivity index (χ3v) is 8.38. The molecular weight excluding hydrogens is 498 g/mol. The number of amidine groups is 2. The predicted molar refractivity (Wildman–Crippen MR) is 143 cm³/mol. The summed E-state index contributed by atoms with van der Waals surface area (Å²) in [5.41, 5.74) is 3.93. The van der Waals surface area contributed by atoms with Crippen LogP contribution < -0.4 is 4.74 Å². The number of aliphatic imine (C=N–C) groups is 1. The summed E-state index contributed by atoms with van der Waals surface area (Å²) in [7, 11) is -3.59. The lowest BCUT2D eigenvalue weighted by molar-refractivity contribution is -0.114. The summed E-state index contributed by atoms with van der Waals surface area (Å²) in [4.78, 5) is 16.7. The van der Waals surface area contributed by atoms with Crippen molar-refractivity contribution < 1.29 is 17.9 Å². The van der Waals surface area contributed by atoms with Gasteiger partial charge in [0.25, 0.3) is 5.91 Å². The molecule has 5 rings (SSSR count). The molecule has 0 fully saturated rings. The number of hydrazone groups is 1. The van der Waals surface area contributed by atoms with Crippen LogP contribution in [0.3, 0.4) is 0 Å². The fraction of sp³-hybridized carbons (Fsp3) is 0.200. The molecule has 9 nitrogen and oxygen atoms in total. The molecule has 2 aliphatic heterocycles. The third-order valence-electron chi connectivity index (χ3n) is 5.81. The first-order valence-corrected chi connectivity index (χ1v) is 13.8. The quantitative estimate of drug-likeness (QED) is 0.508. The van der Waals surface area contributed by atoms with Crippen LogP contribution in [0.1, 0.15) is 16.7 Å². The van der Waals surface area contributed by atoms with Crippen LogP contribution in [0.15, 0.2) is 64.3 Å². The van der Waals surface area contributed by atoms with Gasteiger partial charge in [0, 0.05) is 28.9 Å². The molecule has 2 aliphatic rings. The number of nitrogens with zero attached hydrogens (tertiary/aromatic N) is 4. The van der Waals surface area contributed by atoms with Gasteiger partial charge in [-0.15, -0.1) is 5.10 Å². The monoisotopic (exact) mass is 521 g/mol. The molecule has 184 valence electrons. The molecule has 36 heavy (non-hydrogen) atoms. The maximum atomic E-state index is 12.8. The highest BCUT2D eigenvalue weighted by Crippen LogP contribution is 2.31. The number of sulfone groups is 1. The highest BCUT2D eigenvalue weighted by molar-refractivity contribution is 8.42. The fourth-order valence-corrected chi connectivity index (χ4v) is 5.66. The average Bonchev–Trinajstić information content (AvgIpc) is 3.41. The number of rotatable bonds is 5. The Kier molecular flexibility index (Phi) is 6.05. The zero-order valence-corrected chi connectivity index (χ0v) is 21.5. The van der Waals surface area contributed by atoms with Gasteiger partial charge in [0.15, 0.2) is 5.84 Å². The number of aryl methyl sites for hydroxylation is 2. The molecule has 1 amide bonds. The van der Waals surface area contributed by atoms with Crippen molar-refractivity contribution in [3.63, 3.8) is 0 Å². The van der Waals surface area contributed by atoms with Crippen molar-refractivity contribution in [2.75, 3.05) is 12.9 Å². The second kappa shape index (κ2) is 9.07. The number of fused-ring (bicyclic) bond motifs is 2. The second-order valence-electron chi connectivity index (χ2n) is 8.57. The third kappa shape index (κ3) is 4.47. The predicted octanol–water partition coefficient (Wildman–Crippen LogP) is 3.96. The van der Waals surface area contributed by atoms with Gasteiger partial charge in [0.2, 0.25) is 19.4 Å². The first-order chi connectivity index (χ1) is 17.1. The van der Waals surface area contributed by atoms with Gasteiger partial charge in [0.05, 0.1) is 12.1 Å². The lowest BCUT2D eigenvalue weighted by Gasteiger charge is -2.19. The molecule has 3 heterocycles. The van der Waals surface area contributed by atoms with Gasteiger partial charge in [-0.2, -0.15) is 10.0 Å². The molecule has 3 aromatic rings. The average molecular weight is 522 g/mol. The van der Waals surface area contributed by atoms with E-state index < -0.39 is 15.7 Å². The number of thioether (sulfide) groups is 1. The van der Waals surface area contributed by atoms with E-state index in [0.29, 0.717) is 13.2 Å². The van der Waals surface area contributed by atoms with Gasteiger partial charge in [-0.1, -0.05) is 30.3 Å². The number of hydrogen-bond acceptors (Lipinski definition) is 7. The van der Waals surface area contributed by atoms with Gasteiger partial charge < -0.3 is 9.30 Å². The molecule has 0 saturated heterocycles. The molecule has 0 saturated carbocycles. The summed E-state index contributed by atoms with van der Waals surface area (Å²) in [6.07, 6.45) is 4.54. The number of amides is 1. The van der Waals surface area contributed by atoms with Crippen LogP contribution in [0.4, 0.5) is 0 Å². The normalized spacial score (nSPS) is 17.0. The summed E-state index contributed by atoms with van der Waals surface area (Å²) in [5, 5.41) is 14.6. The van der Waals surface area contributed by atoms with Crippen LogP contribution >= 0.6 is 11.8 Å². The molecule has 2 aromatic carbocycles. The Balaban J connectivity index is 1.44. The molecular formula is C25H23N5O4S2. The van der Waals surface area contributed by atoms with Crippen LogP contribution in [0.2, 0.25) is 0 Å². The number of carbonyl (C=O) groups is 1. The molecule has 11 heteroatoms. The molecule has 0 spiro atoms. The minimum Gasteiger partial charge on any atom is -0.491 e. The van der Waals surface area contributed by atoms with Gasteiger partial charge >= 0.3 is 0 Å². The van der Waals surface area contributed by atoms with Crippen LogP contribution in [-0.4, -0.2) is 52.1 Å². The number of benzene rings is 2. The first kappa shape index (κ1) is 24.0. The van der Waals surface area contributed by atoms with Gasteiger partial charge in [-0.05, 0) is 54.9 Å². The molecule has 0 aliphatic carbocycles. The van der Waals surface area contributed by atoms with Gasteiger partial charge in [0.1, 0.15) is 12.4 Å². The van der Waals surface area contributed by atoms with Crippen molar-refractivity contribution in [2.45, 2.75) is 20.4 Å². The molecule has 0 radical (unpaired) electrons. The van der Waals surface area contributed by atoms with E-state index in [9.17, 15) is 13.2 Å². The minimum atomic E-state index is -3.59. The van der Waals surface area contributed by atoms with E-state index in [0.717, 1.165) is 56.4 Å². The van der Waals surface area contributed by atoms with Crippen molar-refractivity contribution in [1.29, 1.82) is 5.41 Å². The smallest absolute Gasteiger partial charge is 0.283 e. The lowest BCUT2D eigenvalue weighted by atomic mass is 10.1. The summed E-state index contributed by atoms with van der Waals surface area (Å²) < 4.78 is 31.7. The Hall–Kier alpha value is -3.70. The zero-order valence-electron chi connectivity index (χ0n) is 19.8. The molecule has 0 bridgehead atoms. The highest BCUT2D eigenvalue weighted by Gasteiger charge is 2.38. The Bertz CT molecular complexity index is 1630. The topological polar surface area (TPSA) is 117 Å². The Morgan fingerprint density at radius 1 is 1.17 bits per heavy atom. The van der Waals surface area contributed by atoms with Crippen LogP contribution in [0.5, 0.6) is 5.75 Å². The van der Waals surface area contributed by atoms with Crippen LogP contribution in [0.25, 0.3) is 17.0 Å². The molecule has 1 N–H and O–H groups in total. The minimum absolute atomic E-state index is 0.0346. The van der Waals surface area contributed by atoms with E-state index in [1.54, 1.807) is 6.08 Å². The van der Waals surface area contributed by atoms with Crippen molar-refractivity contribution >= 4 is 59.9 Å². The van der Waals surface area contributed by atoms with E-state index in [4.69, 9.17) is 10.1 Å². The summed E-state index contributed by atoms with van der Waals surface area (Å²) in [6.45, 7) is 5.07. The van der Waals surface area contributed by atoms with Gasteiger partial charge in [-0.25, -0.2) is 8.42 Å². The largest absolute Gasteiger partial charge is 0.491 e. The van der Waals surface area contributed by atoms with Crippen molar-refractivity contribution in [2.24, 2.45) is 10.1 Å². The van der Waals surface area contributed by atoms with Crippen molar-refractivity contribution in [3.05, 3.63) is 70.9 Å². The van der Waals surface area contributed by atoms with E-state index >= 15 is 0 Å². The molecule has 0 atom stereocenters. The zero-order chi connectivity index (χ0) is 25.6. The number of aromatic nitrogens is 1. The standard InChI is InChI=1S/C25H23N5O4S2/c1-15-8-9-16(2)21(12-15)34-11-10-29-14-17(18-6-4-5-7-20(18)29)13-19-22(26)30-24(27-23(19)31)35-25(28-30)36(3,32)33/h4-9,12-14,26H,10-11H2,1-3H3/b19-13+,26-22?. The number of nitrogens with one attached hydrogen (secondary N) is 1. The van der Waals surface area contributed by atoms with Crippen LogP contribution in [0, 0.1) is 19.3 Å². The van der Waals surface area contributed by atoms with Crippen molar-refractivity contribution in [3.8, 4) is 5.75 Å². The number of ether oxygens (including phenoxy) is 1. The van der Waals surface area contributed by atoms with Gasteiger partial charge in [-0.3, -0.25) is 10.2 Å². The summed E-state index contributed by atoms with van der Waals surface area (Å²) in [6, 6.07) is 13.9. The Morgan fingerprint density at radius 2 is 1.94 bits per heavy atom. The molecule has 0 unspecified atom stereocenters. The summed E-state index contributed by atoms with van der Waals surface area (Å²) >= 11 is 0.764. The lowest BCUT2D eigenvalue weighted by Crippen LogP contribution is -2.35. The maximum absolute atomic E-state index is 12.8.